The summed E-state index contributed by atoms with van der Waals surface area (Å²) >= 11 is 0. The molecule has 1 fully saturated rings. The van der Waals surface area contributed by atoms with Gasteiger partial charge in [-0.05, 0) is 49.6 Å². The van der Waals surface area contributed by atoms with Crippen molar-refractivity contribution in [3.8, 4) is 17.2 Å². The number of hydrogen-bond donors (Lipinski definition) is 1. The lowest BCUT2D eigenvalue weighted by Gasteiger charge is -2.32. The number of para-hydroxylation sites is 1. The maximum absolute atomic E-state index is 12.8. The van der Waals surface area contributed by atoms with E-state index in [2.05, 4.69) is 5.32 Å². The van der Waals surface area contributed by atoms with Crippen LogP contribution in [0.4, 0.5) is 0 Å². The molecule has 166 valence electrons. The summed E-state index contributed by atoms with van der Waals surface area (Å²) in [4.78, 5) is 26.9. The predicted molar refractivity (Wildman–Crippen MR) is 117 cm³/mol. The van der Waals surface area contributed by atoms with Gasteiger partial charge in [0, 0.05) is 19.0 Å². The fraction of sp³-hybridized carbons (Fsp3) is 0.417. The normalized spacial score (nSPS) is 15.1. The fourth-order valence-corrected chi connectivity index (χ4v) is 3.68. The smallest absolute Gasteiger partial charge is 0.260 e. The molecule has 0 aromatic heterocycles. The van der Waals surface area contributed by atoms with Gasteiger partial charge in [-0.25, -0.2) is 0 Å². The summed E-state index contributed by atoms with van der Waals surface area (Å²) in [7, 11) is 3.18. The molecule has 1 unspecified atom stereocenters. The molecule has 0 bridgehead atoms. The summed E-state index contributed by atoms with van der Waals surface area (Å²) < 4.78 is 16.2. The van der Waals surface area contributed by atoms with Gasteiger partial charge in [0.25, 0.3) is 5.91 Å². The summed E-state index contributed by atoms with van der Waals surface area (Å²) in [6.45, 7) is 3.07. The maximum atomic E-state index is 12.8. The van der Waals surface area contributed by atoms with Gasteiger partial charge in [-0.3, -0.25) is 9.59 Å². The van der Waals surface area contributed by atoms with Crippen molar-refractivity contribution in [3.05, 3.63) is 54.1 Å². The van der Waals surface area contributed by atoms with E-state index >= 15 is 0 Å². The van der Waals surface area contributed by atoms with Crippen LogP contribution in [0.5, 0.6) is 17.2 Å². The molecule has 0 saturated carbocycles. The van der Waals surface area contributed by atoms with E-state index in [4.69, 9.17) is 14.2 Å². The zero-order valence-electron chi connectivity index (χ0n) is 18.3. The molecule has 7 heteroatoms. The molecule has 1 atom stereocenters. The van der Waals surface area contributed by atoms with Gasteiger partial charge in [0.05, 0.1) is 20.3 Å². The molecule has 2 amide bonds. The summed E-state index contributed by atoms with van der Waals surface area (Å²) in [5, 5.41) is 3.08. The van der Waals surface area contributed by atoms with Crippen LogP contribution >= 0.6 is 0 Å². The average Bonchev–Trinajstić information content (AvgIpc) is 2.82. The SMILES string of the molecule is COc1ccc(C(C)NC(=O)C2CCN(C(=O)COc3ccccc3)CC2)cc1OC. The molecule has 31 heavy (non-hydrogen) atoms. The van der Waals surface area contributed by atoms with Crippen LogP contribution < -0.4 is 19.5 Å². The van der Waals surface area contributed by atoms with Crippen LogP contribution in [0, 0.1) is 5.92 Å². The largest absolute Gasteiger partial charge is 0.493 e. The lowest BCUT2D eigenvalue weighted by molar-refractivity contribution is -0.137. The van der Waals surface area contributed by atoms with E-state index in [1.54, 1.807) is 19.1 Å². The van der Waals surface area contributed by atoms with E-state index in [1.165, 1.54) is 0 Å². The second-order valence-electron chi connectivity index (χ2n) is 7.60. The zero-order valence-corrected chi connectivity index (χ0v) is 18.3. The predicted octanol–water partition coefficient (Wildman–Crippen LogP) is 3.20. The lowest BCUT2D eigenvalue weighted by Crippen LogP contribution is -2.44. The Bertz CT molecular complexity index is 879. The Morgan fingerprint density at radius 1 is 1.03 bits per heavy atom. The summed E-state index contributed by atoms with van der Waals surface area (Å²) in [6.07, 6.45) is 1.28. The van der Waals surface area contributed by atoms with Crippen molar-refractivity contribution in [3.63, 3.8) is 0 Å². The highest BCUT2D eigenvalue weighted by Gasteiger charge is 2.28. The molecule has 2 aromatic carbocycles. The highest BCUT2D eigenvalue weighted by molar-refractivity contribution is 5.81. The van der Waals surface area contributed by atoms with Crippen LogP contribution in [-0.4, -0.2) is 50.6 Å². The minimum Gasteiger partial charge on any atom is -0.493 e. The Kier molecular flexibility index (Phi) is 7.76. The highest BCUT2D eigenvalue weighted by atomic mass is 16.5. The van der Waals surface area contributed by atoms with Gasteiger partial charge in [-0.15, -0.1) is 0 Å². The standard InChI is InChI=1S/C24H30N2O5/c1-17(19-9-10-21(29-2)22(15-19)30-3)25-24(28)18-11-13-26(14-12-18)23(27)16-31-20-7-5-4-6-8-20/h4-10,15,17-18H,11-14,16H2,1-3H3,(H,25,28). The maximum Gasteiger partial charge on any atom is 0.260 e. The fourth-order valence-electron chi connectivity index (χ4n) is 3.68. The van der Waals surface area contributed by atoms with Crippen molar-refractivity contribution in [2.45, 2.75) is 25.8 Å². The number of ether oxygens (including phenoxy) is 3. The molecule has 7 nitrogen and oxygen atoms in total. The van der Waals surface area contributed by atoms with Crippen molar-refractivity contribution in [2.75, 3.05) is 33.9 Å². The number of amides is 2. The molecule has 1 N–H and O–H groups in total. The highest BCUT2D eigenvalue weighted by Crippen LogP contribution is 2.30. The van der Waals surface area contributed by atoms with Crippen molar-refractivity contribution >= 4 is 11.8 Å². The third-order valence-electron chi connectivity index (χ3n) is 5.59. The zero-order chi connectivity index (χ0) is 22.2. The Morgan fingerprint density at radius 2 is 1.71 bits per heavy atom. The number of piperidine rings is 1. The van der Waals surface area contributed by atoms with E-state index in [-0.39, 0.29) is 30.4 Å². The molecule has 1 saturated heterocycles. The third kappa shape index (κ3) is 5.90. The quantitative estimate of drug-likeness (QED) is 0.702. The van der Waals surface area contributed by atoms with Crippen LogP contribution in [0.15, 0.2) is 48.5 Å². The van der Waals surface area contributed by atoms with Gasteiger partial charge >= 0.3 is 0 Å². The number of nitrogens with one attached hydrogen (secondary N) is 1. The number of benzene rings is 2. The number of rotatable bonds is 8. The number of hydrogen-bond acceptors (Lipinski definition) is 5. The van der Waals surface area contributed by atoms with Gasteiger partial charge in [0.15, 0.2) is 18.1 Å². The van der Waals surface area contributed by atoms with E-state index in [0.29, 0.717) is 43.2 Å². The Morgan fingerprint density at radius 3 is 2.35 bits per heavy atom. The lowest BCUT2D eigenvalue weighted by atomic mass is 9.95. The first-order chi connectivity index (χ1) is 15.0. The third-order valence-corrected chi connectivity index (χ3v) is 5.59. The number of likely N-dealkylation sites (tertiary alicyclic amines) is 1. The first kappa shape index (κ1) is 22.5. The van der Waals surface area contributed by atoms with Crippen molar-refractivity contribution in [2.24, 2.45) is 5.92 Å². The Hall–Kier alpha value is -3.22. The van der Waals surface area contributed by atoms with Gasteiger partial charge in [0.1, 0.15) is 5.75 Å². The van der Waals surface area contributed by atoms with Crippen LogP contribution in [0.25, 0.3) is 0 Å². The van der Waals surface area contributed by atoms with Gasteiger partial charge in [-0.1, -0.05) is 24.3 Å². The van der Waals surface area contributed by atoms with Gasteiger partial charge < -0.3 is 24.4 Å². The monoisotopic (exact) mass is 426 g/mol. The van der Waals surface area contributed by atoms with E-state index in [0.717, 1.165) is 5.56 Å². The molecule has 0 spiro atoms. The second kappa shape index (κ2) is 10.7. The van der Waals surface area contributed by atoms with E-state index in [1.807, 2.05) is 55.5 Å². The Balaban J connectivity index is 1.47. The molecule has 2 aromatic rings. The van der Waals surface area contributed by atoms with Crippen LogP contribution in [0.1, 0.15) is 31.4 Å². The first-order valence-corrected chi connectivity index (χ1v) is 10.5. The number of carbonyl (C=O) groups is 2. The molecule has 3 rings (SSSR count). The van der Waals surface area contributed by atoms with Crippen LogP contribution in [0.3, 0.4) is 0 Å². The van der Waals surface area contributed by atoms with Crippen molar-refractivity contribution in [1.29, 1.82) is 0 Å². The Labute approximate surface area is 183 Å². The summed E-state index contributed by atoms with van der Waals surface area (Å²) in [5.74, 6) is 1.80. The van der Waals surface area contributed by atoms with E-state index in [9.17, 15) is 9.59 Å². The topological polar surface area (TPSA) is 77.1 Å². The van der Waals surface area contributed by atoms with Crippen LogP contribution in [-0.2, 0) is 9.59 Å². The summed E-state index contributed by atoms with van der Waals surface area (Å²) in [6, 6.07) is 14.7. The minimum absolute atomic E-state index is 0.00918. The first-order valence-electron chi connectivity index (χ1n) is 10.5. The summed E-state index contributed by atoms with van der Waals surface area (Å²) in [5.41, 5.74) is 0.941. The van der Waals surface area contributed by atoms with Crippen molar-refractivity contribution < 1.29 is 23.8 Å². The van der Waals surface area contributed by atoms with Gasteiger partial charge in [0.2, 0.25) is 5.91 Å². The van der Waals surface area contributed by atoms with E-state index < -0.39 is 0 Å². The molecular weight excluding hydrogens is 396 g/mol. The minimum atomic E-state index is -0.161. The molecule has 1 heterocycles. The number of carbonyl (C=O) groups excluding carboxylic acids is 2. The number of nitrogens with zero attached hydrogens (tertiary/aromatic N) is 1. The van der Waals surface area contributed by atoms with Crippen molar-refractivity contribution in [1.82, 2.24) is 10.2 Å². The average molecular weight is 427 g/mol. The molecule has 0 aliphatic carbocycles. The molecule has 1 aliphatic rings. The van der Waals surface area contributed by atoms with Crippen LogP contribution in [0.2, 0.25) is 0 Å². The molecule has 0 radical (unpaired) electrons. The second-order valence-corrected chi connectivity index (χ2v) is 7.60. The van der Waals surface area contributed by atoms with Gasteiger partial charge in [-0.2, -0.15) is 0 Å². The number of methoxy groups -OCH3 is 2. The molecular formula is C24H30N2O5. The molecule has 1 aliphatic heterocycles.